The second kappa shape index (κ2) is 8.72. The molecule has 0 spiro atoms. The zero-order valence-electron chi connectivity index (χ0n) is 17.4. The topological polar surface area (TPSA) is 55.8 Å². The van der Waals surface area contributed by atoms with Gasteiger partial charge in [-0.15, -0.1) is 11.3 Å². The molecule has 0 fully saturated rings. The van der Waals surface area contributed by atoms with Gasteiger partial charge in [0.15, 0.2) is 0 Å². The van der Waals surface area contributed by atoms with Crippen LogP contribution in [0.1, 0.15) is 20.8 Å². The molecule has 0 bridgehead atoms. The Morgan fingerprint density at radius 1 is 1.07 bits per heavy atom. The Hall–Kier alpha value is -2.47. The highest BCUT2D eigenvalue weighted by atomic mass is 32.1. The summed E-state index contributed by atoms with van der Waals surface area (Å²) >= 11 is 1.19. The molecule has 3 aromatic rings. The molecule has 0 aliphatic heterocycles. The second-order valence-electron chi connectivity index (χ2n) is 6.84. The van der Waals surface area contributed by atoms with Crippen LogP contribution in [0.25, 0.3) is 10.4 Å². The smallest absolute Gasteiger partial charge is 0.350 e. The molecule has 0 N–H and O–H groups in total. The minimum absolute atomic E-state index is 0.293. The molecule has 1 unspecified atom stereocenters. The highest BCUT2D eigenvalue weighted by Gasteiger charge is 2.35. The molecule has 30 heavy (non-hydrogen) atoms. The first-order chi connectivity index (χ1) is 14.2. The third-order valence-electron chi connectivity index (χ3n) is 4.86. The zero-order chi connectivity index (χ0) is 22.1. The van der Waals surface area contributed by atoms with E-state index >= 15 is 0 Å². The zero-order valence-corrected chi connectivity index (χ0v) is 19.1. The lowest BCUT2D eigenvalue weighted by Crippen LogP contribution is -2.25. The van der Waals surface area contributed by atoms with Crippen molar-refractivity contribution in [2.45, 2.75) is 13.8 Å². The molecule has 5 nitrogen and oxygen atoms in total. The predicted molar refractivity (Wildman–Crippen MR) is 120 cm³/mol. The van der Waals surface area contributed by atoms with E-state index in [0.29, 0.717) is 15.9 Å². The van der Waals surface area contributed by atoms with Crippen molar-refractivity contribution in [1.82, 2.24) is 0 Å². The molecule has 1 heterocycles. The van der Waals surface area contributed by atoms with Crippen LogP contribution in [0.3, 0.4) is 0 Å². The molecule has 3 rings (SSSR count). The molecule has 0 saturated carbocycles. The van der Waals surface area contributed by atoms with Crippen LogP contribution < -0.4 is 9.97 Å². The van der Waals surface area contributed by atoms with Crippen molar-refractivity contribution >= 4 is 35.8 Å². The standard InChI is InChI=1S/C22H23FNO4PS/c1-14-6-11-19(15(2)12-14)29(26,28-5)24(3)18-13-20(30-21(18)22(25)27-4)16-7-9-17(23)10-8-16/h6-13H,1-5H3. The number of rotatable bonds is 6. The first-order valence-electron chi connectivity index (χ1n) is 9.17. The first kappa shape index (κ1) is 22.2. The molecule has 0 radical (unpaired) electrons. The van der Waals surface area contributed by atoms with Crippen LogP contribution in [0.5, 0.6) is 0 Å². The second-order valence-corrected chi connectivity index (χ2v) is 10.4. The fourth-order valence-corrected chi connectivity index (χ4v) is 6.42. The summed E-state index contributed by atoms with van der Waals surface area (Å²) in [7, 11) is 0.803. The van der Waals surface area contributed by atoms with E-state index in [-0.39, 0.29) is 5.82 Å². The van der Waals surface area contributed by atoms with Crippen molar-refractivity contribution in [3.63, 3.8) is 0 Å². The lowest BCUT2D eigenvalue weighted by atomic mass is 10.2. The fourth-order valence-electron chi connectivity index (χ4n) is 3.26. The number of carbonyl (C=O) groups excluding carboxylic acids is 1. The van der Waals surface area contributed by atoms with E-state index in [1.165, 1.54) is 42.4 Å². The Morgan fingerprint density at radius 2 is 1.73 bits per heavy atom. The summed E-state index contributed by atoms with van der Waals surface area (Å²) in [6, 6.07) is 13.3. The average molecular weight is 447 g/mol. The molecule has 0 aliphatic carbocycles. The normalized spacial score (nSPS) is 13.0. The van der Waals surface area contributed by atoms with E-state index in [4.69, 9.17) is 9.26 Å². The van der Waals surface area contributed by atoms with Gasteiger partial charge in [-0.2, -0.15) is 0 Å². The van der Waals surface area contributed by atoms with Crippen LogP contribution in [0.2, 0.25) is 0 Å². The number of anilines is 1. The maximum absolute atomic E-state index is 14.0. The summed E-state index contributed by atoms with van der Waals surface area (Å²) in [6.07, 6.45) is 0. The molecular weight excluding hydrogens is 424 g/mol. The molecule has 1 atom stereocenters. The molecule has 1 aromatic heterocycles. The summed E-state index contributed by atoms with van der Waals surface area (Å²) in [4.78, 5) is 13.5. The number of aryl methyl sites for hydroxylation is 2. The maximum Gasteiger partial charge on any atom is 0.350 e. The van der Waals surface area contributed by atoms with E-state index in [0.717, 1.165) is 21.6 Å². The molecule has 8 heteroatoms. The lowest BCUT2D eigenvalue weighted by Gasteiger charge is -2.29. The Labute approximate surface area is 179 Å². The summed E-state index contributed by atoms with van der Waals surface area (Å²) in [5.74, 6) is -0.891. The number of hydrogen-bond acceptors (Lipinski definition) is 5. The number of esters is 1. The number of benzene rings is 2. The Balaban J connectivity index is 2.15. The van der Waals surface area contributed by atoms with E-state index in [9.17, 15) is 13.8 Å². The Kier molecular flexibility index (Phi) is 6.46. The van der Waals surface area contributed by atoms with Gasteiger partial charge in [0.1, 0.15) is 10.7 Å². The van der Waals surface area contributed by atoms with Gasteiger partial charge in [-0.3, -0.25) is 9.24 Å². The SMILES string of the molecule is COC(=O)c1sc(-c2ccc(F)cc2)cc1N(C)P(=O)(OC)c1ccc(C)cc1C. The molecule has 0 amide bonds. The largest absolute Gasteiger partial charge is 0.465 e. The average Bonchev–Trinajstić information content (AvgIpc) is 3.18. The Morgan fingerprint density at radius 3 is 2.30 bits per heavy atom. The number of ether oxygens (including phenoxy) is 1. The molecule has 0 saturated heterocycles. The third kappa shape index (κ3) is 4.06. The third-order valence-corrected chi connectivity index (χ3v) is 8.62. The van der Waals surface area contributed by atoms with E-state index in [1.54, 1.807) is 31.3 Å². The minimum atomic E-state index is -3.51. The van der Waals surface area contributed by atoms with Crippen LogP contribution in [0.15, 0.2) is 48.5 Å². The number of thiophene rings is 1. The summed E-state index contributed by atoms with van der Waals surface area (Å²) in [6.45, 7) is 3.84. The fraction of sp³-hybridized carbons (Fsp3) is 0.227. The molecule has 158 valence electrons. The summed E-state index contributed by atoms with van der Waals surface area (Å²) in [5, 5.41) is 0.559. The number of halogens is 1. The highest BCUT2D eigenvalue weighted by molar-refractivity contribution is 7.68. The first-order valence-corrected chi connectivity index (χ1v) is 11.6. The Bertz CT molecular complexity index is 1130. The number of nitrogens with zero attached hydrogens (tertiary/aromatic N) is 1. The van der Waals surface area contributed by atoms with Gasteiger partial charge in [0.05, 0.1) is 18.1 Å². The van der Waals surface area contributed by atoms with Crippen LogP contribution in [-0.2, 0) is 13.8 Å². The molecular formula is C22H23FNO4PS. The number of methoxy groups -OCH3 is 1. The van der Waals surface area contributed by atoms with Crippen molar-refractivity contribution in [2.75, 3.05) is 25.9 Å². The minimum Gasteiger partial charge on any atom is -0.465 e. The number of hydrogen-bond donors (Lipinski definition) is 0. The summed E-state index contributed by atoms with van der Waals surface area (Å²) < 4.78 is 39.3. The highest BCUT2D eigenvalue weighted by Crippen LogP contribution is 2.53. The lowest BCUT2D eigenvalue weighted by molar-refractivity contribution is 0.0607. The molecule has 0 aliphatic rings. The van der Waals surface area contributed by atoms with Gasteiger partial charge in [0.2, 0.25) is 0 Å². The van der Waals surface area contributed by atoms with Gasteiger partial charge >= 0.3 is 13.5 Å². The van der Waals surface area contributed by atoms with Crippen molar-refractivity contribution in [1.29, 1.82) is 0 Å². The molecule has 2 aromatic carbocycles. The van der Waals surface area contributed by atoms with E-state index < -0.39 is 13.5 Å². The van der Waals surface area contributed by atoms with Crippen molar-refractivity contribution in [2.24, 2.45) is 0 Å². The number of carbonyl (C=O) groups is 1. The van der Waals surface area contributed by atoms with Gasteiger partial charge in [-0.1, -0.05) is 29.8 Å². The van der Waals surface area contributed by atoms with Crippen molar-refractivity contribution in [3.8, 4) is 10.4 Å². The maximum atomic E-state index is 14.0. The van der Waals surface area contributed by atoms with Crippen molar-refractivity contribution < 1.29 is 23.0 Å². The van der Waals surface area contributed by atoms with Crippen LogP contribution >= 0.6 is 18.9 Å². The summed E-state index contributed by atoms with van der Waals surface area (Å²) in [5.41, 5.74) is 3.05. The van der Waals surface area contributed by atoms with Gasteiger partial charge in [-0.25, -0.2) is 9.18 Å². The van der Waals surface area contributed by atoms with Gasteiger partial charge in [-0.05, 0) is 49.2 Å². The van der Waals surface area contributed by atoms with E-state index in [1.807, 2.05) is 26.0 Å². The van der Waals surface area contributed by atoms with Crippen LogP contribution in [-0.4, -0.2) is 27.2 Å². The predicted octanol–water partition coefficient (Wildman–Crippen LogP) is 5.56. The monoisotopic (exact) mass is 447 g/mol. The van der Waals surface area contributed by atoms with Gasteiger partial charge in [0, 0.05) is 19.0 Å². The van der Waals surface area contributed by atoms with Crippen LogP contribution in [0.4, 0.5) is 10.1 Å². The van der Waals surface area contributed by atoms with Crippen molar-refractivity contribution in [3.05, 3.63) is 70.4 Å². The van der Waals surface area contributed by atoms with Crippen LogP contribution in [0, 0.1) is 19.7 Å². The van der Waals surface area contributed by atoms with E-state index in [2.05, 4.69) is 0 Å². The van der Waals surface area contributed by atoms with Gasteiger partial charge in [0.25, 0.3) is 0 Å². The quantitative estimate of drug-likeness (QED) is 0.366. The van der Waals surface area contributed by atoms with Gasteiger partial charge < -0.3 is 9.26 Å².